The molecule has 0 bridgehead atoms. The molecule has 0 amide bonds. The highest BCUT2D eigenvalue weighted by Gasteiger charge is 2.26. The van der Waals surface area contributed by atoms with Gasteiger partial charge in [0.15, 0.2) is 0 Å². The smallest absolute Gasteiger partial charge is 0.416 e. The number of hydrogen-bond acceptors (Lipinski definition) is 3. The van der Waals surface area contributed by atoms with E-state index in [0.717, 1.165) is 19.3 Å². The van der Waals surface area contributed by atoms with Crippen LogP contribution in [0.15, 0.2) is 9.21 Å². The maximum absolute atomic E-state index is 10.9. The van der Waals surface area contributed by atoms with Crippen molar-refractivity contribution < 1.29 is 14.3 Å². The maximum atomic E-state index is 10.9. The van der Waals surface area contributed by atoms with Gasteiger partial charge < -0.3 is 9.52 Å². The topological polar surface area (TPSA) is 83.3 Å². The minimum atomic E-state index is -0.843. The molecule has 1 atom stereocenters. The molecule has 0 radical (unpaired) electrons. The van der Waals surface area contributed by atoms with Crippen LogP contribution < -0.4 is 5.76 Å². The molecule has 2 rings (SSSR count). The molecule has 14 heavy (non-hydrogen) atoms. The van der Waals surface area contributed by atoms with E-state index in [0.29, 0.717) is 11.5 Å². The van der Waals surface area contributed by atoms with E-state index >= 15 is 0 Å². The normalized spacial score (nSPS) is 20.4. The van der Waals surface area contributed by atoms with Crippen LogP contribution in [0.4, 0.5) is 0 Å². The van der Waals surface area contributed by atoms with Crippen molar-refractivity contribution in [3.05, 3.63) is 22.0 Å². The van der Waals surface area contributed by atoms with Gasteiger partial charge in [-0.2, -0.15) is 0 Å². The zero-order valence-electron chi connectivity index (χ0n) is 7.58. The third-order valence-electron chi connectivity index (χ3n) is 2.54. The minimum absolute atomic E-state index is 0.0580. The Morgan fingerprint density at radius 1 is 1.64 bits per heavy atom. The first-order chi connectivity index (χ1) is 6.66. The third kappa shape index (κ3) is 1.57. The molecule has 1 aliphatic rings. The fourth-order valence-corrected chi connectivity index (χ4v) is 1.96. The van der Waals surface area contributed by atoms with E-state index in [2.05, 4.69) is 4.98 Å². The highest BCUT2D eigenvalue weighted by molar-refractivity contribution is 5.68. The Kier molecular flexibility index (Phi) is 2.15. The number of aryl methyl sites for hydroxylation is 1. The summed E-state index contributed by atoms with van der Waals surface area (Å²) in [5, 5.41) is 8.68. The molecule has 1 heterocycles. The predicted molar refractivity (Wildman–Crippen MR) is 47.3 cm³/mol. The lowest BCUT2D eigenvalue weighted by Gasteiger charge is -2.18. The molecule has 1 aromatic heterocycles. The first kappa shape index (κ1) is 9.05. The standard InChI is InChI=1S/C9H11NO4/c11-7(12)4-5-2-1-3-6-8(5)10-9(13)14-6/h5H,1-4H2,(H,10,13)(H,11,12). The van der Waals surface area contributed by atoms with E-state index < -0.39 is 11.7 Å². The summed E-state index contributed by atoms with van der Waals surface area (Å²) in [6, 6.07) is 0. The van der Waals surface area contributed by atoms with Crippen LogP contribution in [0.1, 0.15) is 36.6 Å². The molecule has 0 saturated carbocycles. The average Bonchev–Trinajstić information content (AvgIpc) is 2.45. The number of rotatable bonds is 2. The van der Waals surface area contributed by atoms with Gasteiger partial charge in [-0.25, -0.2) is 4.79 Å². The highest BCUT2D eigenvalue weighted by Crippen LogP contribution is 2.31. The molecule has 0 spiro atoms. The van der Waals surface area contributed by atoms with Crippen LogP contribution >= 0.6 is 0 Å². The van der Waals surface area contributed by atoms with Crippen LogP contribution in [0.2, 0.25) is 0 Å². The second-order valence-electron chi connectivity index (χ2n) is 3.54. The summed E-state index contributed by atoms with van der Waals surface area (Å²) in [6.45, 7) is 0. The fraction of sp³-hybridized carbons (Fsp3) is 0.556. The molecule has 0 saturated heterocycles. The van der Waals surface area contributed by atoms with E-state index in [9.17, 15) is 9.59 Å². The van der Waals surface area contributed by atoms with Gasteiger partial charge >= 0.3 is 11.7 Å². The molecular formula is C9H11NO4. The van der Waals surface area contributed by atoms with E-state index in [4.69, 9.17) is 9.52 Å². The molecule has 2 N–H and O–H groups in total. The van der Waals surface area contributed by atoms with Crippen LogP contribution in [-0.2, 0) is 11.2 Å². The molecule has 1 aromatic rings. The lowest BCUT2D eigenvalue weighted by Crippen LogP contribution is -2.13. The Morgan fingerprint density at radius 3 is 3.14 bits per heavy atom. The Balaban J connectivity index is 2.30. The van der Waals surface area contributed by atoms with E-state index in [-0.39, 0.29) is 12.3 Å². The number of carboxylic acid groups (broad SMARTS) is 1. The van der Waals surface area contributed by atoms with Crippen LogP contribution in [0.5, 0.6) is 0 Å². The van der Waals surface area contributed by atoms with Crippen molar-refractivity contribution in [2.24, 2.45) is 0 Å². The van der Waals surface area contributed by atoms with Gasteiger partial charge in [0.2, 0.25) is 0 Å². The van der Waals surface area contributed by atoms with Crippen LogP contribution in [0.3, 0.4) is 0 Å². The first-order valence-electron chi connectivity index (χ1n) is 4.60. The highest BCUT2D eigenvalue weighted by atomic mass is 16.4. The van der Waals surface area contributed by atoms with E-state index in [1.54, 1.807) is 0 Å². The average molecular weight is 197 g/mol. The quantitative estimate of drug-likeness (QED) is 0.736. The van der Waals surface area contributed by atoms with Crippen LogP contribution in [0.25, 0.3) is 0 Å². The number of carboxylic acids is 1. The number of aromatic nitrogens is 1. The molecular weight excluding hydrogens is 186 g/mol. The molecule has 0 aromatic carbocycles. The van der Waals surface area contributed by atoms with Crippen LogP contribution in [0, 0.1) is 0 Å². The Bertz CT molecular complexity index is 403. The van der Waals surface area contributed by atoms with Gasteiger partial charge in [-0.15, -0.1) is 0 Å². The van der Waals surface area contributed by atoms with Gasteiger partial charge in [0.25, 0.3) is 0 Å². The Hall–Kier alpha value is -1.52. The predicted octanol–water partition coefficient (Wildman–Crippen LogP) is 0.862. The van der Waals surface area contributed by atoms with Gasteiger partial charge in [0.1, 0.15) is 5.76 Å². The van der Waals surface area contributed by atoms with E-state index in [1.165, 1.54) is 0 Å². The molecule has 1 unspecified atom stereocenters. The SMILES string of the molecule is O=C(O)CC1CCCc2oc(=O)[nH]c21. The number of hydrogen-bond donors (Lipinski definition) is 2. The molecule has 0 fully saturated rings. The monoisotopic (exact) mass is 197 g/mol. The Labute approximate surface area is 79.7 Å². The van der Waals surface area contributed by atoms with Gasteiger partial charge in [-0.1, -0.05) is 0 Å². The lowest BCUT2D eigenvalue weighted by molar-refractivity contribution is -0.137. The number of H-pyrrole nitrogens is 1. The van der Waals surface area contributed by atoms with E-state index in [1.807, 2.05) is 0 Å². The van der Waals surface area contributed by atoms with Crippen molar-refractivity contribution in [2.75, 3.05) is 0 Å². The van der Waals surface area contributed by atoms with Crippen molar-refractivity contribution in [2.45, 2.75) is 31.6 Å². The second kappa shape index (κ2) is 3.32. The van der Waals surface area contributed by atoms with Crippen molar-refractivity contribution >= 4 is 5.97 Å². The number of aromatic amines is 1. The minimum Gasteiger partial charge on any atom is -0.481 e. The summed E-state index contributed by atoms with van der Waals surface area (Å²) in [4.78, 5) is 24.0. The third-order valence-corrected chi connectivity index (χ3v) is 2.54. The summed E-state index contributed by atoms with van der Waals surface area (Å²) in [7, 11) is 0. The summed E-state index contributed by atoms with van der Waals surface area (Å²) in [5.41, 5.74) is 0.684. The number of carbonyl (C=O) groups is 1. The zero-order chi connectivity index (χ0) is 10.1. The lowest BCUT2D eigenvalue weighted by atomic mass is 9.88. The number of fused-ring (bicyclic) bond motifs is 1. The Morgan fingerprint density at radius 2 is 2.43 bits per heavy atom. The number of oxazole rings is 1. The molecule has 0 aliphatic heterocycles. The van der Waals surface area contributed by atoms with Gasteiger partial charge in [-0.3, -0.25) is 9.78 Å². The maximum Gasteiger partial charge on any atom is 0.416 e. The second-order valence-corrected chi connectivity index (χ2v) is 3.54. The summed E-state index contributed by atoms with van der Waals surface area (Å²) in [6.07, 6.45) is 2.47. The molecule has 76 valence electrons. The summed E-state index contributed by atoms with van der Waals surface area (Å²) < 4.78 is 4.91. The van der Waals surface area contributed by atoms with Gasteiger partial charge in [0, 0.05) is 12.3 Å². The number of nitrogens with one attached hydrogen (secondary N) is 1. The van der Waals surface area contributed by atoms with Crippen LogP contribution in [-0.4, -0.2) is 16.1 Å². The summed E-state index contributed by atoms with van der Waals surface area (Å²) in [5.74, 6) is -0.785. The fourth-order valence-electron chi connectivity index (χ4n) is 1.96. The van der Waals surface area contributed by atoms with Crippen molar-refractivity contribution in [1.82, 2.24) is 4.98 Å². The van der Waals surface area contributed by atoms with Crippen molar-refractivity contribution in [3.8, 4) is 0 Å². The molecule has 1 aliphatic carbocycles. The first-order valence-corrected chi connectivity index (χ1v) is 4.60. The van der Waals surface area contributed by atoms with Crippen molar-refractivity contribution in [1.29, 1.82) is 0 Å². The largest absolute Gasteiger partial charge is 0.481 e. The van der Waals surface area contributed by atoms with Gasteiger partial charge in [-0.05, 0) is 12.8 Å². The molecule has 5 nitrogen and oxygen atoms in total. The van der Waals surface area contributed by atoms with Gasteiger partial charge in [0.05, 0.1) is 12.1 Å². The zero-order valence-corrected chi connectivity index (χ0v) is 7.58. The number of aliphatic carboxylic acids is 1. The summed E-state index contributed by atoms with van der Waals surface area (Å²) >= 11 is 0. The molecule has 5 heteroatoms. The van der Waals surface area contributed by atoms with Crippen molar-refractivity contribution in [3.63, 3.8) is 0 Å².